The molecular weight excluding hydrogens is 280 g/mol. The van der Waals surface area contributed by atoms with Crippen molar-refractivity contribution in [3.05, 3.63) is 89.0 Å². The number of rotatable bonds is 3. The number of aliphatic imine (C=N–C) groups is 1. The van der Waals surface area contributed by atoms with E-state index in [1.54, 1.807) is 35.4 Å². The number of non-ortho nitro benzene ring substituents is 1. The molecule has 0 bridgehead atoms. The van der Waals surface area contributed by atoms with E-state index in [4.69, 9.17) is 0 Å². The molecule has 6 nitrogen and oxygen atoms in total. The highest BCUT2D eigenvalue weighted by Gasteiger charge is 2.07. The number of hydrogen-bond donors (Lipinski definition) is 0. The highest BCUT2D eigenvalue weighted by Crippen LogP contribution is 2.19. The molecule has 0 spiro atoms. The van der Waals surface area contributed by atoms with Gasteiger partial charge in [-0.1, -0.05) is 30.3 Å². The van der Waals surface area contributed by atoms with Crippen molar-refractivity contribution < 1.29 is 4.92 Å². The second-order valence-electron chi connectivity index (χ2n) is 4.54. The third-order valence-electron chi connectivity index (χ3n) is 3.08. The largest absolute Gasteiger partial charge is 0.290 e. The summed E-state index contributed by atoms with van der Waals surface area (Å²) in [5.74, 6) is 0.701. The average molecular weight is 292 g/mol. The molecule has 0 atom stereocenters. The van der Waals surface area contributed by atoms with E-state index < -0.39 is 4.92 Å². The average Bonchev–Trinajstić information content (AvgIpc) is 3.08. The highest BCUT2D eigenvalue weighted by atomic mass is 16.6. The summed E-state index contributed by atoms with van der Waals surface area (Å²) >= 11 is 0. The van der Waals surface area contributed by atoms with Gasteiger partial charge in [-0.3, -0.25) is 14.7 Å². The lowest BCUT2D eigenvalue weighted by Gasteiger charge is -2.07. The molecule has 0 aliphatic rings. The summed E-state index contributed by atoms with van der Waals surface area (Å²) in [5, 5.41) is 10.7. The van der Waals surface area contributed by atoms with Crippen molar-refractivity contribution in [3.8, 4) is 0 Å². The molecule has 1 aromatic heterocycles. The Balaban J connectivity index is 2.04. The van der Waals surface area contributed by atoms with Crippen molar-refractivity contribution in [2.24, 2.45) is 4.99 Å². The van der Waals surface area contributed by atoms with Crippen LogP contribution in [0.1, 0.15) is 5.56 Å². The van der Waals surface area contributed by atoms with E-state index in [0.29, 0.717) is 11.5 Å². The molecule has 0 unspecified atom stereocenters. The number of nitrogens with zero attached hydrogens (tertiary/aromatic N) is 4. The summed E-state index contributed by atoms with van der Waals surface area (Å²) in [6, 6.07) is 15.8. The Morgan fingerprint density at radius 1 is 1.09 bits per heavy atom. The highest BCUT2D eigenvalue weighted by molar-refractivity contribution is 6.01. The van der Waals surface area contributed by atoms with Crippen LogP contribution in [0, 0.1) is 10.1 Å². The molecule has 0 saturated carbocycles. The van der Waals surface area contributed by atoms with E-state index >= 15 is 0 Å². The lowest BCUT2D eigenvalue weighted by molar-refractivity contribution is -0.384. The van der Waals surface area contributed by atoms with Gasteiger partial charge in [0.1, 0.15) is 12.2 Å². The number of nitro benzene ring substituents is 1. The Labute approximate surface area is 126 Å². The summed E-state index contributed by atoms with van der Waals surface area (Å²) in [4.78, 5) is 18.9. The van der Waals surface area contributed by atoms with Crippen LogP contribution in [0.15, 0.2) is 78.3 Å². The van der Waals surface area contributed by atoms with Crippen molar-refractivity contribution in [2.45, 2.75) is 0 Å². The van der Waals surface area contributed by atoms with Gasteiger partial charge in [0.15, 0.2) is 0 Å². The fourth-order valence-electron chi connectivity index (χ4n) is 2.01. The maximum Gasteiger partial charge on any atom is 0.269 e. The Morgan fingerprint density at radius 3 is 2.41 bits per heavy atom. The fourth-order valence-corrected chi connectivity index (χ4v) is 2.01. The van der Waals surface area contributed by atoms with E-state index in [0.717, 1.165) is 5.56 Å². The van der Waals surface area contributed by atoms with Gasteiger partial charge in [-0.15, -0.1) is 0 Å². The first kappa shape index (κ1) is 13.7. The minimum Gasteiger partial charge on any atom is -0.290 e. The molecule has 0 fully saturated rings. The van der Waals surface area contributed by atoms with E-state index in [1.807, 2.05) is 30.3 Å². The first-order chi connectivity index (χ1) is 10.7. The molecule has 0 aliphatic heterocycles. The summed E-state index contributed by atoms with van der Waals surface area (Å²) in [5.41, 5.74) is 1.61. The molecular formula is C16H12N4O2. The van der Waals surface area contributed by atoms with Crippen LogP contribution >= 0.6 is 0 Å². The zero-order valence-corrected chi connectivity index (χ0v) is 11.5. The van der Waals surface area contributed by atoms with Crippen LogP contribution in [0.2, 0.25) is 0 Å². The molecule has 22 heavy (non-hydrogen) atoms. The first-order valence-corrected chi connectivity index (χ1v) is 6.61. The van der Waals surface area contributed by atoms with Crippen LogP contribution in [0.3, 0.4) is 0 Å². The Morgan fingerprint density at radius 2 is 1.82 bits per heavy atom. The minimum absolute atomic E-state index is 0.0443. The molecule has 2 aromatic carbocycles. The van der Waals surface area contributed by atoms with Crippen molar-refractivity contribution >= 4 is 17.2 Å². The molecule has 108 valence electrons. The molecule has 0 aliphatic carbocycles. The minimum atomic E-state index is -0.429. The summed E-state index contributed by atoms with van der Waals surface area (Å²) in [6.45, 7) is 0. The number of aromatic nitrogens is 2. The number of benzene rings is 2. The third-order valence-corrected chi connectivity index (χ3v) is 3.08. The smallest absolute Gasteiger partial charge is 0.269 e. The molecule has 3 aromatic rings. The molecule has 0 radical (unpaired) electrons. The van der Waals surface area contributed by atoms with Crippen molar-refractivity contribution in [1.29, 1.82) is 0 Å². The van der Waals surface area contributed by atoms with Crippen LogP contribution < -0.4 is 0 Å². The van der Waals surface area contributed by atoms with Gasteiger partial charge in [-0.05, 0) is 12.1 Å². The van der Waals surface area contributed by atoms with Gasteiger partial charge in [0.2, 0.25) is 0 Å². The molecule has 1 heterocycles. The lowest BCUT2D eigenvalue weighted by Crippen LogP contribution is -2.11. The zero-order chi connectivity index (χ0) is 15.4. The molecule has 0 N–H and O–H groups in total. The van der Waals surface area contributed by atoms with Gasteiger partial charge in [0.05, 0.1) is 10.6 Å². The second kappa shape index (κ2) is 6.01. The summed E-state index contributed by atoms with van der Waals surface area (Å²) in [7, 11) is 0. The molecule has 6 heteroatoms. The first-order valence-electron chi connectivity index (χ1n) is 6.61. The van der Waals surface area contributed by atoms with E-state index in [1.165, 1.54) is 12.1 Å². The van der Waals surface area contributed by atoms with E-state index in [2.05, 4.69) is 9.98 Å². The van der Waals surface area contributed by atoms with Crippen LogP contribution in [0.25, 0.3) is 0 Å². The van der Waals surface area contributed by atoms with Gasteiger partial charge in [0.25, 0.3) is 5.69 Å². The van der Waals surface area contributed by atoms with Gasteiger partial charge < -0.3 is 0 Å². The van der Waals surface area contributed by atoms with Gasteiger partial charge in [0, 0.05) is 30.1 Å². The van der Waals surface area contributed by atoms with Gasteiger partial charge in [-0.2, -0.15) is 0 Å². The Bertz CT molecular complexity index is 794. The molecule has 3 rings (SSSR count). The number of imidazole rings is 1. The summed E-state index contributed by atoms with van der Waals surface area (Å²) < 4.78 is 1.80. The van der Waals surface area contributed by atoms with Gasteiger partial charge >= 0.3 is 0 Å². The van der Waals surface area contributed by atoms with Gasteiger partial charge in [-0.25, -0.2) is 9.98 Å². The van der Waals surface area contributed by atoms with Crippen molar-refractivity contribution in [1.82, 2.24) is 9.55 Å². The van der Waals surface area contributed by atoms with Crippen molar-refractivity contribution in [2.75, 3.05) is 0 Å². The normalized spacial score (nSPS) is 11.4. The monoisotopic (exact) mass is 292 g/mol. The topological polar surface area (TPSA) is 73.3 Å². The lowest BCUT2D eigenvalue weighted by atomic mass is 10.2. The Hall–Kier alpha value is -3.28. The predicted molar refractivity (Wildman–Crippen MR) is 83.4 cm³/mol. The van der Waals surface area contributed by atoms with E-state index in [-0.39, 0.29) is 5.69 Å². The van der Waals surface area contributed by atoms with Crippen LogP contribution in [-0.2, 0) is 0 Å². The third kappa shape index (κ3) is 2.90. The SMILES string of the molecule is O=[N+]([O-])c1ccc(N=C(c2ccccc2)n2ccnc2)cc1. The van der Waals surface area contributed by atoms with E-state index in [9.17, 15) is 10.1 Å². The molecule has 0 amide bonds. The van der Waals surface area contributed by atoms with Crippen LogP contribution in [0.5, 0.6) is 0 Å². The second-order valence-corrected chi connectivity index (χ2v) is 4.54. The number of nitro groups is 1. The maximum atomic E-state index is 10.7. The quantitative estimate of drug-likeness (QED) is 0.321. The predicted octanol–water partition coefficient (Wildman–Crippen LogP) is 3.42. The standard InChI is InChI=1S/C16H12N4O2/c21-20(22)15-8-6-14(7-9-15)18-16(19-11-10-17-12-19)13-4-2-1-3-5-13/h1-12H. The summed E-state index contributed by atoms with van der Waals surface area (Å²) in [6.07, 6.45) is 5.14. The molecule has 0 saturated heterocycles. The zero-order valence-electron chi connectivity index (χ0n) is 11.5. The maximum absolute atomic E-state index is 10.7. The Kier molecular flexibility index (Phi) is 3.74. The fraction of sp³-hybridized carbons (Fsp3) is 0. The van der Waals surface area contributed by atoms with Crippen molar-refractivity contribution in [3.63, 3.8) is 0 Å². The number of hydrogen-bond acceptors (Lipinski definition) is 4. The van der Waals surface area contributed by atoms with Crippen LogP contribution in [-0.4, -0.2) is 20.3 Å². The van der Waals surface area contributed by atoms with Crippen LogP contribution in [0.4, 0.5) is 11.4 Å².